The third-order valence-electron chi connectivity index (χ3n) is 2.92. The minimum absolute atomic E-state index is 0.293. The Hall–Kier alpha value is -1.94. The van der Waals surface area contributed by atoms with E-state index >= 15 is 0 Å². The third kappa shape index (κ3) is 4.03. The zero-order valence-electron chi connectivity index (χ0n) is 11.5. The van der Waals surface area contributed by atoms with Gasteiger partial charge >= 0.3 is 0 Å². The summed E-state index contributed by atoms with van der Waals surface area (Å²) in [5, 5.41) is 6.46. The molecule has 2 rings (SSSR count). The van der Waals surface area contributed by atoms with E-state index in [0.29, 0.717) is 16.7 Å². The second kappa shape index (κ2) is 6.48. The molecule has 0 atom stereocenters. The van der Waals surface area contributed by atoms with Gasteiger partial charge in [-0.1, -0.05) is 32.0 Å². The molecule has 0 bridgehead atoms. The molecule has 0 fully saturated rings. The highest BCUT2D eigenvalue weighted by molar-refractivity contribution is 7.80. The van der Waals surface area contributed by atoms with E-state index in [4.69, 9.17) is 12.2 Å². The van der Waals surface area contributed by atoms with Crippen molar-refractivity contribution in [3.63, 3.8) is 0 Å². The Bertz CT molecular complexity index is 594. The summed E-state index contributed by atoms with van der Waals surface area (Å²) in [4.78, 5) is 0. The maximum atomic E-state index is 13.1. The highest BCUT2D eigenvalue weighted by Gasteiger charge is 2.02. The molecule has 4 heteroatoms. The number of anilines is 2. The molecule has 2 nitrogen and oxygen atoms in total. The van der Waals surface area contributed by atoms with Crippen molar-refractivity contribution < 1.29 is 4.39 Å². The molecule has 104 valence electrons. The van der Waals surface area contributed by atoms with Gasteiger partial charge in [0.25, 0.3) is 0 Å². The van der Waals surface area contributed by atoms with E-state index in [9.17, 15) is 4.39 Å². The number of nitrogens with one attached hydrogen (secondary N) is 2. The first kappa shape index (κ1) is 14.5. The summed E-state index contributed by atoms with van der Waals surface area (Å²) in [6, 6.07) is 14.3. The highest BCUT2D eigenvalue weighted by Crippen LogP contribution is 2.17. The van der Waals surface area contributed by atoms with Crippen LogP contribution in [0.5, 0.6) is 0 Å². The Morgan fingerprint density at radius 3 is 2.25 bits per heavy atom. The monoisotopic (exact) mass is 288 g/mol. The zero-order valence-corrected chi connectivity index (χ0v) is 12.3. The van der Waals surface area contributed by atoms with Crippen LogP contribution in [0.15, 0.2) is 48.5 Å². The minimum Gasteiger partial charge on any atom is -0.332 e. The molecule has 0 aliphatic heterocycles. The summed E-state index contributed by atoms with van der Waals surface area (Å²) in [6.45, 7) is 4.30. The predicted molar refractivity (Wildman–Crippen MR) is 86.8 cm³/mol. The van der Waals surface area contributed by atoms with Crippen molar-refractivity contribution in [2.45, 2.75) is 19.8 Å². The van der Waals surface area contributed by atoms with Gasteiger partial charge in [0.2, 0.25) is 0 Å². The van der Waals surface area contributed by atoms with E-state index < -0.39 is 0 Å². The SMILES string of the molecule is CC(C)c1ccc(NC(=S)Nc2cccc(F)c2)cc1. The summed E-state index contributed by atoms with van der Waals surface area (Å²) < 4.78 is 13.1. The number of rotatable bonds is 3. The largest absolute Gasteiger partial charge is 0.332 e. The Morgan fingerprint density at radius 2 is 1.65 bits per heavy atom. The number of thiocarbonyl (C=S) groups is 1. The lowest BCUT2D eigenvalue weighted by molar-refractivity contribution is 0.628. The molecule has 0 aromatic heterocycles. The standard InChI is InChI=1S/C16H17FN2S/c1-11(2)12-6-8-14(9-7-12)18-16(20)19-15-5-3-4-13(17)10-15/h3-11H,1-2H3,(H2,18,19,20). The van der Waals surface area contributed by atoms with Gasteiger partial charge in [-0.15, -0.1) is 0 Å². The van der Waals surface area contributed by atoms with E-state index in [1.54, 1.807) is 12.1 Å². The fourth-order valence-electron chi connectivity index (χ4n) is 1.81. The molecule has 0 radical (unpaired) electrons. The van der Waals surface area contributed by atoms with Crippen LogP contribution in [-0.4, -0.2) is 5.11 Å². The van der Waals surface area contributed by atoms with Crippen LogP contribution in [0.25, 0.3) is 0 Å². The minimum atomic E-state index is -0.293. The van der Waals surface area contributed by atoms with Crippen molar-refractivity contribution in [1.29, 1.82) is 0 Å². The normalized spacial score (nSPS) is 10.4. The van der Waals surface area contributed by atoms with Gasteiger partial charge < -0.3 is 10.6 Å². The first-order valence-corrected chi connectivity index (χ1v) is 6.89. The molecule has 20 heavy (non-hydrogen) atoms. The summed E-state index contributed by atoms with van der Waals surface area (Å²) in [5.74, 6) is 0.209. The number of hydrogen-bond acceptors (Lipinski definition) is 1. The molecular weight excluding hydrogens is 271 g/mol. The Balaban J connectivity index is 1.97. The average molecular weight is 288 g/mol. The smallest absolute Gasteiger partial charge is 0.175 e. The summed E-state index contributed by atoms with van der Waals surface area (Å²) in [5.41, 5.74) is 2.81. The lowest BCUT2D eigenvalue weighted by Gasteiger charge is -2.12. The molecule has 0 aliphatic carbocycles. The Kier molecular flexibility index (Phi) is 4.69. The van der Waals surface area contributed by atoms with E-state index in [0.717, 1.165) is 5.69 Å². The van der Waals surface area contributed by atoms with Gasteiger partial charge in [-0.05, 0) is 54.0 Å². The van der Waals surface area contributed by atoms with Gasteiger partial charge in [0.1, 0.15) is 5.82 Å². The molecule has 0 saturated carbocycles. The van der Waals surface area contributed by atoms with E-state index in [-0.39, 0.29) is 5.82 Å². The van der Waals surface area contributed by atoms with Crippen molar-refractivity contribution >= 4 is 28.7 Å². The van der Waals surface area contributed by atoms with Crippen molar-refractivity contribution in [2.24, 2.45) is 0 Å². The number of benzene rings is 2. The quantitative estimate of drug-likeness (QED) is 0.796. The van der Waals surface area contributed by atoms with Gasteiger partial charge in [-0.25, -0.2) is 4.39 Å². The summed E-state index contributed by atoms with van der Waals surface area (Å²) >= 11 is 5.20. The van der Waals surface area contributed by atoms with Crippen LogP contribution >= 0.6 is 12.2 Å². The topological polar surface area (TPSA) is 24.1 Å². The number of hydrogen-bond donors (Lipinski definition) is 2. The first-order valence-electron chi connectivity index (χ1n) is 6.48. The van der Waals surface area contributed by atoms with E-state index in [1.807, 2.05) is 12.1 Å². The van der Waals surface area contributed by atoms with Crippen LogP contribution < -0.4 is 10.6 Å². The van der Waals surface area contributed by atoms with Crippen LogP contribution in [-0.2, 0) is 0 Å². The van der Waals surface area contributed by atoms with Crippen LogP contribution in [0.1, 0.15) is 25.3 Å². The molecule has 2 aromatic rings. The van der Waals surface area contributed by atoms with Crippen molar-refractivity contribution in [3.8, 4) is 0 Å². The van der Waals surface area contributed by atoms with E-state index in [2.05, 4.69) is 36.6 Å². The fourth-order valence-corrected chi connectivity index (χ4v) is 2.05. The molecule has 0 unspecified atom stereocenters. The maximum Gasteiger partial charge on any atom is 0.175 e. The van der Waals surface area contributed by atoms with Crippen molar-refractivity contribution in [3.05, 3.63) is 59.9 Å². The Labute approximate surface area is 124 Å². The Morgan fingerprint density at radius 1 is 1.00 bits per heavy atom. The van der Waals surface area contributed by atoms with Crippen molar-refractivity contribution in [1.82, 2.24) is 0 Å². The molecule has 0 aliphatic rings. The van der Waals surface area contributed by atoms with Crippen LogP contribution in [0.3, 0.4) is 0 Å². The molecule has 0 saturated heterocycles. The number of halogens is 1. The molecule has 0 amide bonds. The van der Waals surface area contributed by atoms with Crippen LogP contribution in [0, 0.1) is 5.82 Å². The molecular formula is C16H17FN2S. The molecule has 2 aromatic carbocycles. The van der Waals surface area contributed by atoms with Gasteiger partial charge in [0.05, 0.1) is 0 Å². The van der Waals surface area contributed by atoms with Gasteiger partial charge in [-0.2, -0.15) is 0 Å². The lowest BCUT2D eigenvalue weighted by Crippen LogP contribution is -2.19. The third-order valence-corrected chi connectivity index (χ3v) is 3.12. The van der Waals surface area contributed by atoms with Gasteiger partial charge in [-0.3, -0.25) is 0 Å². The van der Waals surface area contributed by atoms with E-state index in [1.165, 1.54) is 17.7 Å². The van der Waals surface area contributed by atoms with Gasteiger partial charge in [0.15, 0.2) is 5.11 Å². The summed E-state index contributed by atoms with van der Waals surface area (Å²) in [7, 11) is 0. The summed E-state index contributed by atoms with van der Waals surface area (Å²) in [6.07, 6.45) is 0. The van der Waals surface area contributed by atoms with Crippen LogP contribution in [0.4, 0.5) is 15.8 Å². The lowest BCUT2D eigenvalue weighted by atomic mass is 10.0. The molecule has 0 spiro atoms. The first-order chi connectivity index (χ1) is 9.54. The molecule has 0 heterocycles. The second-order valence-corrected chi connectivity index (χ2v) is 5.27. The highest BCUT2D eigenvalue weighted by atomic mass is 32.1. The average Bonchev–Trinajstić information content (AvgIpc) is 2.39. The van der Waals surface area contributed by atoms with Crippen molar-refractivity contribution in [2.75, 3.05) is 10.6 Å². The molecule has 2 N–H and O–H groups in total. The fraction of sp³-hybridized carbons (Fsp3) is 0.188. The van der Waals surface area contributed by atoms with Crippen LogP contribution in [0.2, 0.25) is 0 Å². The predicted octanol–water partition coefficient (Wildman–Crippen LogP) is 4.76. The maximum absolute atomic E-state index is 13.1. The van der Waals surface area contributed by atoms with Gasteiger partial charge in [0, 0.05) is 11.4 Å². The second-order valence-electron chi connectivity index (χ2n) is 4.87. The zero-order chi connectivity index (χ0) is 14.5.